The van der Waals surface area contributed by atoms with Crippen molar-refractivity contribution >= 4 is 0 Å². The maximum atomic E-state index is 12.7. The number of hydrogen-bond donors (Lipinski definition) is 2. The van der Waals surface area contributed by atoms with Crippen molar-refractivity contribution in [1.82, 2.24) is 14.8 Å². The van der Waals surface area contributed by atoms with Crippen molar-refractivity contribution in [3.05, 3.63) is 40.6 Å². The molecule has 6 heteroatoms. The van der Waals surface area contributed by atoms with Crippen molar-refractivity contribution in [2.75, 3.05) is 0 Å². The molecular formula is C12H14FN3O2. The Balaban J connectivity index is 2.34. The Morgan fingerprint density at radius 3 is 2.78 bits per heavy atom. The number of hydrogen-bond acceptors (Lipinski definition) is 3. The summed E-state index contributed by atoms with van der Waals surface area (Å²) >= 11 is 0. The zero-order valence-corrected chi connectivity index (χ0v) is 10.1. The Morgan fingerprint density at radius 1 is 1.50 bits per heavy atom. The van der Waals surface area contributed by atoms with Crippen LogP contribution in [0, 0.1) is 5.82 Å². The van der Waals surface area contributed by atoms with Crippen LogP contribution >= 0.6 is 0 Å². The van der Waals surface area contributed by atoms with Gasteiger partial charge in [0.2, 0.25) is 0 Å². The molecule has 0 saturated carbocycles. The molecule has 2 N–H and O–H groups in total. The van der Waals surface area contributed by atoms with Crippen molar-refractivity contribution in [3.63, 3.8) is 0 Å². The molecule has 0 aliphatic rings. The maximum Gasteiger partial charge on any atom is 0.267 e. The number of halogens is 1. The van der Waals surface area contributed by atoms with E-state index >= 15 is 0 Å². The molecule has 2 aromatic heterocycles. The second kappa shape index (κ2) is 4.38. The fourth-order valence-electron chi connectivity index (χ4n) is 1.60. The highest BCUT2D eigenvalue weighted by molar-refractivity contribution is 5.52. The van der Waals surface area contributed by atoms with Crippen LogP contribution in [0.1, 0.15) is 13.8 Å². The number of aromatic nitrogens is 3. The molecule has 0 spiro atoms. The number of aliphatic hydroxyl groups is 1. The van der Waals surface area contributed by atoms with E-state index in [0.29, 0.717) is 11.4 Å². The van der Waals surface area contributed by atoms with Crippen molar-refractivity contribution in [2.45, 2.75) is 26.0 Å². The summed E-state index contributed by atoms with van der Waals surface area (Å²) in [5.74, 6) is -0.433. The Labute approximate surface area is 103 Å². The van der Waals surface area contributed by atoms with Gasteiger partial charge in [-0.2, -0.15) is 0 Å². The Hall–Kier alpha value is -1.95. The normalized spacial score (nSPS) is 11.8. The van der Waals surface area contributed by atoms with Gasteiger partial charge in [0, 0.05) is 6.07 Å². The fraction of sp³-hybridized carbons (Fsp3) is 0.333. The van der Waals surface area contributed by atoms with Crippen LogP contribution < -0.4 is 5.56 Å². The predicted molar refractivity (Wildman–Crippen MR) is 64.5 cm³/mol. The zero-order valence-electron chi connectivity index (χ0n) is 10.1. The number of rotatable bonds is 3. The number of nitrogens with zero attached hydrogens (tertiary/aromatic N) is 2. The molecule has 2 aromatic rings. The topological polar surface area (TPSA) is 70.9 Å². The lowest BCUT2D eigenvalue weighted by atomic mass is 10.1. The molecular weight excluding hydrogens is 237 g/mol. The number of nitrogens with one attached hydrogen (secondary N) is 1. The summed E-state index contributed by atoms with van der Waals surface area (Å²) in [6, 6.07) is 4.12. The quantitative estimate of drug-likeness (QED) is 0.859. The molecule has 5 nitrogen and oxygen atoms in total. The van der Waals surface area contributed by atoms with Gasteiger partial charge in [-0.1, -0.05) is 0 Å². The average Bonchev–Trinajstić information content (AvgIpc) is 2.59. The predicted octanol–water partition coefficient (Wildman–Crippen LogP) is 1.15. The van der Waals surface area contributed by atoms with Gasteiger partial charge in [-0.25, -0.2) is 9.07 Å². The van der Waals surface area contributed by atoms with Gasteiger partial charge in [-0.3, -0.25) is 14.9 Å². The summed E-state index contributed by atoms with van der Waals surface area (Å²) < 4.78 is 14.0. The number of aromatic amines is 1. The van der Waals surface area contributed by atoms with Crippen LogP contribution in [0.4, 0.5) is 4.39 Å². The summed E-state index contributed by atoms with van der Waals surface area (Å²) in [5, 5.41) is 12.5. The summed E-state index contributed by atoms with van der Waals surface area (Å²) in [6.45, 7) is 3.36. The van der Waals surface area contributed by atoms with E-state index in [1.165, 1.54) is 22.9 Å². The first-order chi connectivity index (χ1) is 8.35. The van der Waals surface area contributed by atoms with E-state index in [2.05, 4.69) is 10.1 Å². The van der Waals surface area contributed by atoms with Crippen molar-refractivity contribution in [1.29, 1.82) is 0 Å². The summed E-state index contributed by atoms with van der Waals surface area (Å²) in [7, 11) is 0. The number of pyridine rings is 1. The van der Waals surface area contributed by atoms with Crippen LogP contribution in [0.3, 0.4) is 0 Å². The molecule has 96 valence electrons. The first kappa shape index (κ1) is 12.5. The van der Waals surface area contributed by atoms with Gasteiger partial charge >= 0.3 is 0 Å². The van der Waals surface area contributed by atoms with E-state index in [1.54, 1.807) is 13.8 Å². The van der Waals surface area contributed by atoms with E-state index in [1.807, 2.05) is 0 Å². The largest absolute Gasteiger partial charge is 0.389 e. The van der Waals surface area contributed by atoms with Gasteiger partial charge < -0.3 is 5.11 Å². The van der Waals surface area contributed by atoms with Crippen LogP contribution in [0.2, 0.25) is 0 Å². The van der Waals surface area contributed by atoms with Crippen LogP contribution in [0.15, 0.2) is 29.2 Å². The first-order valence-corrected chi connectivity index (χ1v) is 5.49. The molecule has 2 rings (SSSR count). The highest BCUT2D eigenvalue weighted by Crippen LogP contribution is 2.13. The third-order valence-corrected chi connectivity index (χ3v) is 2.34. The molecule has 2 heterocycles. The minimum Gasteiger partial charge on any atom is -0.389 e. The molecule has 0 unspecified atom stereocenters. The van der Waals surface area contributed by atoms with Gasteiger partial charge in [0.25, 0.3) is 5.56 Å². The van der Waals surface area contributed by atoms with Gasteiger partial charge in [0.15, 0.2) is 0 Å². The smallest absolute Gasteiger partial charge is 0.267 e. The molecule has 0 aliphatic heterocycles. The van der Waals surface area contributed by atoms with Crippen LogP contribution in [-0.4, -0.2) is 25.5 Å². The summed E-state index contributed by atoms with van der Waals surface area (Å²) in [6.07, 6.45) is 1.08. The molecule has 0 radical (unpaired) electrons. The molecule has 0 bridgehead atoms. The van der Waals surface area contributed by atoms with E-state index in [9.17, 15) is 14.3 Å². The van der Waals surface area contributed by atoms with E-state index in [0.717, 1.165) is 6.20 Å². The maximum absolute atomic E-state index is 12.7. The van der Waals surface area contributed by atoms with Crippen molar-refractivity contribution < 1.29 is 9.50 Å². The summed E-state index contributed by atoms with van der Waals surface area (Å²) in [4.78, 5) is 15.6. The molecule has 0 aromatic carbocycles. The minimum absolute atomic E-state index is 0.146. The van der Waals surface area contributed by atoms with Crippen LogP contribution in [-0.2, 0) is 6.54 Å². The van der Waals surface area contributed by atoms with E-state index in [4.69, 9.17) is 0 Å². The Morgan fingerprint density at radius 2 is 2.22 bits per heavy atom. The average molecular weight is 251 g/mol. The van der Waals surface area contributed by atoms with Crippen LogP contribution in [0.25, 0.3) is 11.4 Å². The third-order valence-electron chi connectivity index (χ3n) is 2.34. The number of H-pyrrole nitrogens is 1. The lowest BCUT2D eigenvalue weighted by Crippen LogP contribution is -2.31. The molecule has 0 atom stereocenters. The van der Waals surface area contributed by atoms with E-state index in [-0.39, 0.29) is 12.1 Å². The second-order valence-corrected chi connectivity index (χ2v) is 4.77. The highest BCUT2D eigenvalue weighted by Gasteiger charge is 2.16. The van der Waals surface area contributed by atoms with Gasteiger partial charge in [0.05, 0.1) is 29.7 Å². The highest BCUT2D eigenvalue weighted by atomic mass is 19.1. The molecule has 0 fully saturated rings. The lowest BCUT2D eigenvalue weighted by Gasteiger charge is -2.16. The SMILES string of the molecule is CC(C)(O)Cn1[nH]c(-c2ccc(F)cn2)cc1=O. The minimum atomic E-state index is -0.998. The van der Waals surface area contributed by atoms with Crippen LogP contribution in [0.5, 0.6) is 0 Å². The lowest BCUT2D eigenvalue weighted by molar-refractivity contribution is 0.0568. The molecule has 18 heavy (non-hydrogen) atoms. The van der Waals surface area contributed by atoms with Gasteiger partial charge in [0.1, 0.15) is 5.82 Å². The first-order valence-electron chi connectivity index (χ1n) is 5.49. The summed E-state index contributed by atoms with van der Waals surface area (Å²) in [5.41, 5.74) is -0.298. The molecule has 0 saturated heterocycles. The van der Waals surface area contributed by atoms with Crippen molar-refractivity contribution in [2.24, 2.45) is 0 Å². The standard InChI is InChI=1S/C12H14FN3O2/c1-12(2,18)7-16-11(17)5-10(15-16)9-4-3-8(13)6-14-9/h3-6,15,18H,7H2,1-2H3. The molecule has 0 amide bonds. The third kappa shape index (κ3) is 2.84. The van der Waals surface area contributed by atoms with E-state index < -0.39 is 11.4 Å². The Bertz CT molecular complexity index is 593. The van der Waals surface area contributed by atoms with Gasteiger partial charge in [-0.15, -0.1) is 0 Å². The second-order valence-electron chi connectivity index (χ2n) is 4.77. The monoisotopic (exact) mass is 251 g/mol. The fourth-order valence-corrected chi connectivity index (χ4v) is 1.60. The Kier molecular flexibility index (Phi) is 3.04. The zero-order chi connectivity index (χ0) is 13.3. The van der Waals surface area contributed by atoms with Crippen molar-refractivity contribution in [3.8, 4) is 11.4 Å². The molecule has 0 aliphatic carbocycles. The van der Waals surface area contributed by atoms with Gasteiger partial charge in [-0.05, 0) is 26.0 Å².